The number of hydrogen-bond donors (Lipinski definition) is 2. The predicted octanol–water partition coefficient (Wildman–Crippen LogP) is 2.66. The maximum absolute atomic E-state index is 12.6. The molecule has 0 spiro atoms. The Balaban J connectivity index is 2.10. The molecule has 6 nitrogen and oxygen atoms in total. The molecule has 2 aliphatic rings. The van der Waals surface area contributed by atoms with E-state index < -0.39 is 12.1 Å². The van der Waals surface area contributed by atoms with Crippen LogP contribution in [0.2, 0.25) is 0 Å². The van der Waals surface area contributed by atoms with Gasteiger partial charge in [0.15, 0.2) is 0 Å². The van der Waals surface area contributed by atoms with Crippen LogP contribution in [0.1, 0.15) is 58.8 Å². The maximum atomic E-state index is 12.6. The van der Waals surface area contributed by atoms with E-state index in [1.165, 1.54) is 21.6 Å². The van der Waals surface area contributed by atoms with E-state index in [0.29, 0.717) is 17.9 Å². The zero-order chi connectivity index (χ0) is 18.9. The van der Waals surface area contributed by atoms with Gasteiger partial charge in [0.2, 0.25) is 11.8 Å². The van der Waals surface area contributed by atoms with E-state index in [-0.39, 0.29) is 29.8 Å². The molecule has 2 saturated heterocycles. The van der Waals surface area contributed by atoms with Crippen molar-refractivity contribution in [3.63, 3.8) is 0 Å². The van der Waals surface area contributed by atoms with Crippen LogP contribution >= 0.6 is 21.6 Å². The van der Waals surface area contributed by atoms with E-state index in [0.717, 1.165) is 38.5 Å². The molecule has 3 unspecified atom stereocenters. The van der Waals surface area contributed by atoms with E-state index in [9.17, 15) is 14.4 Å². The molecule has 2 N–H and O–H groups in total. The number of esters is 1. The number of carbonyl (C=O) groups is 3. The number of cyclic esters (lactones) is 1. The number of nitrogens with one attached hydrogen (secondary N) is 2. The smallest absolute Gasteiger partial charge is 0.329 e. The Morgan fingerprint density at radius 1 is 0.923 bits per heavy atom. The Morgan fingerprint density at radius 3 is 2.31 bits per heavy atom. The van der Waals surface area contributed by atoms with Gasteiger partial charge in [-0.15, -0.1) is 0 Å². The summed E-state index contributed by atoms with van der Waals surface area (Å²) >= 11 is 0. The van der Waals surface area contributed by atoms with Gasteiger partial charge in [-0.05, 0) is 25.2 Å². The van der Waals surface area contributed by atoms with E-state index in [1.54, 1.807) is 0 Å². The molecule has 2 amide bonds. The van der Waals surface area contributed by atoms with Crippen molar-refractivity contribution in [2.24, 2.45) is 5.92 Å². The summed E-state index contributed by atoms with van der Waals surface area (Å²) in [7, 11) is 3.03. The van der Waals surface area contributed by atoms with Crippen molar-refractivity contribution in [2.75, 3.05) is 11.5 Å². The summed E-state index contributed by atoms with van der Waals surface area (Å²) in [4.78, 5) is 37.2. The standard InChI is InChI=1S/C18H30N2O4S2/c1-12(2)15-8-6-4-3-5-7-9-16(21)19-13-10-25-26-11-14(18(23)24-15)20-17(13)22/h12-15H,3-11H2,1-2H3,(H,19,21)(H,20,22). The lowest BCUT2D eigenvalue weighted by molar-refractivity contribution is -0.155. The lowest BCUT2D eigenvalue weighted by Gasteiger charge is -2.28. The number of carbonyl (C=O) groups excluding carboxylic acids is 3. The van der Waals surface area contributed by atoms with Crippen molar-refractivity contribution in [2.45, 2.75) is 77.0 Å². The fourth-order valence-electron chi connectivity index (χ4n) is 3.04. The van der Waals surface area contributed by atoms with E-state index >= 15 is 0 Å². The molecule has 2 bridgehead atoms. The van der Waals surface area contributed by atoms with Gasteiger partial charge in [0, 0.05) is 17.9 Å². The second-order valence-electron chi connectivity index (χ2n) is 7.28. The fraction of sp³-hybridized carbons (Fsp3) is 0.833. The minimum absolute atomic E-state index is 0.0950. The minimum Gasteiger partial charge on any atom is -0.461 e. The van der Waals surface area contributed by atoms with Gasteiger partial charge in [0.05, 0.1) is 0 Å². The summed E-state index contributed by atoms with van der Waals surface area (Å²) < 4.78 is 5.74. The van der Waals surface area contributed by atoms with Gasteiger partial charge in [0.1, 0.15) is 18.2 Å². The van der Waals surface area contributed by atoms with Crippen molar-refractivity contribution >= 4 is 39.4 Å². The lowest BCUT2D eigenvalue weighted by Crippen LogP contribution is -2.54. The highest BCUT2D eigenvalue weighted by atomic mass is 33.1. The molecule has 2 heterocycles. The van der Waals surface area contributed by atoms with Crippen LogP contribution in [0.15, 0.2) is 0 Å². The van der Waals surface area contributed by atoms with Crippen LogP contribution in [0.4, 0.5) is 0 Å². The summed E-state index contributed by atoms with van der Waals surface area (Å²) in [6, 6.07) is -1.28. The molecule has 2 fully saturated rings. The monoisotopic (exact) mass is 402 g/mol. The molecule has 0 radical (unpaired) electrons. The molecule has 2 aliphatic heterocycles. The number of ether oxygens (including phenoxy) is 1. The van der Waals surface area contributed by atoms with Crippen LogP contribution in [0.3, 0.4) is 0 Å². The van der Waals surface area contributed by atoms with Gasteiger partial charge in [-0.1, -0.05) is 54.7 Å². The first-order chi connectivity index (χ1) is 12.5. The summed E-state index contributed by atoms with van der Waals surface area (Å²) in [6.45, 7) is 4.12. The molecule has 0 saturated carbocycles. The van der Waals surface area contributed by atoms with Crippen LogP contribution in [0, 0.1) is 5.92 Å². The van der Waals surface area contributed by atoms with Gasteiger partial charge >= 0.3 is 5.97 Å². The predicted molar refractivity (Wildman–Crippen MR) is 106 cm³/mol. The molecule has 8 heteroatoms. The summed E-state index contributed by atoms with van der Waals surface area (Å²) in [6.07, 6.45) is 6.17. The topological polar surface area (TPSA) is 84.5 Å². The van der Waals surface area contributed by atoms with Crippen LogP contribution in [0.25, 0.3) is 0 Å². The van der Waals surface area contributed by atoms with E-state index in [2.05, 4.69) is 24.5 Å². The Bertz CT molecular complexity index is 502. The number of fused-ring (bicyclic) bond motifs is 3. The number of amides is 2. The number of hydrogen-bond acceptors (Lipinski definition) is 6. The Morgan fingerprint density at radius 2 is 1.58 bits per heavy atom. The Kier molecular flexibility index (Phi) is 9.11. The van der Waals surface area contributed by atoms with Crippen molar-refractivity contribution < 1.29 is 19.1 Å². The highest BCUT2D eigenvalue weighted by molar-refractivity contribution is 8.76. The van der Waals surface area contributed by atoms with Gasteiger partial charge in [-0.25, -0.2) is 4.79 Å². The van der Waals surface area contributed by atoms with Crippen molar-refractivity contribution in [3.05, 3.63) is 0 Å². The molecule has 3 atom stereocenters. The van der Waals surface area contributed by atoms with Gasteiger partial charge in [0.25, 0.3) is 0 Å². The highest BCUT2D eigenvalue weighted by Gasteiger charge is 2.32. The van der Waals surface area contributed by atoms with Crippen LogP contribution < -0.4 is 10.6 Å². The van der Waals surface area contributed by atoms with Crippen molar-refractivity contribution in [1.82, 2.24) is 10.6 Å². The second-order valence-corrected chi connectivity index (χ2v) is 9.83. The van der Waals surface area contributed by atoms with Crippen LogP contribution in [-0.4, -0.2) is 47.5 Å². The maximum Gasteiger partial charge on any atom is 0.329 e. The fourth-order valence-corrected chi connectivity index (χ4v) is 5.36. The average molecular weight is 403 g/mol. The first kappa shape index (κ1) is 21.4. The largest absolute Gasteiger partial charge is 0.461 e. The Labute approximate surface area is 163 Å². The molecule has 0 aromatic carbocycles. The summed E-state index contributed by atoms with van der Waals surface area (Å²) in [5.74, 6) is 0.448. The highest BCUT2D eigenvalue weighted by Crippen LogP contribution is 2.26. The zero-order valence-corrected chi connectivity index (χ0v) is 17.3. The molecule has 0 aliphatic carbocycles. The summed E-state index contributed by atoms with van der Waals surface area (Å²) in [5.41, 5.74) is 0. The SMILES string of the molecule is CC(C)C1CCCCCCCC(=O)NC2CSSCC(NC2=O)C(=O)O1. The lowest BCUT2D eigenvalue weighted by atomic mass is 9.99. The third kappa shape index (κ3) is 7.02. The molecule has 0 aromatic rings. The van der Waals surface area contributed by atoms with Crippen molar-refractivity contribution in [1.29, 1.82) is 0 Å². The molecule has 26 heavy (non-hydrogen) atoms. The third-order valence-corrected chi connectivity index (χ3v) is 7.13. The van der Waals surface area contributed by atoms with Crippen molar-refractivity contribution in [3.8, 4) is 0 Å². The van der Waals surface area contributed by atoms with E-state index in [1.807, 2.05) is 0 Å². The molecular formula is C18H30N2O4S2. The normalized spacial score (nSPS) is 30.1. The van der Waals surface area contributed by atoms with Crippen LogP contribution in [0.5, 0.6) is 0 Å². The Hall–Kier alpha value is -0.890. The van der Waals surface area contributed by atoms with Gasteiger partial charge < -0.3 is 15.4 Å². The minimum atomic E-state index is -0.672. The van der Waals surface area contributed by atoms with Gasteiger partial charge in [-0.3, -0.25) is 9.59 Å². The molecule has 0 aromatic heterocycles. The average Bonchev–Trinajstić information content (AvgIpc) is 2.58. The first-order valence-electron chi connectivity index (χ1n) is 9.52. The number of rotatable bonds is 1. The second kappa shape index (κ2) is 11.1. The molecular weight excluding hydrogens is 372 g/mol. The first-order valence-corrected chi connectivity index (χ1v) is 12.0. The molecule has 148 valence electrons. The zero-order valence-electron chi connectivity index (χ0n) is 15.6. The molecule has 2 rings (SSSR count). The van der Waals surface area contributed by atoms with Crippen LogP contribution in [-0.2, 0) is 19.1 Å². The summed E-state index contributed by atoms with van der Waals surface area (Å²) in [5, 5.41) is 5.58. The quantitative estimate of drug-likeness (QED) is 0.518. The third-order valence-electron chi connectivity index (χ3n) is 4.71. The van der Waals surface area contributed by atoms with Gasteiger partial charge in [-0.2, -0.15) is 0 Å². The van der Waals surface area contributed by atoms with E-state index in [4.69, 9.17) is 4.74 Å².